The normalized spacial score (nSPS) is 11.2. The number of ether oxygens (including phenoxy) is 1. The summed E-state index contributed by atoms with van der Waals surface area (Å²) in [6.07, 6.45) is -0.198. The van der Waals surface area contributed by atoms with Crippen molar-refractivity contribution in [3.8, 4) is 6.07 Å². The first-order chi connectivity index (χ1) is 8.58. The maximum absolute atomic E-state index is 11.4. The van der Waals surface area contributed by atoms with E-state index in [4.69, 9.17) is 5.26 Å². The zero-order chi connectivity index (χ0) is 13.5. The molecular weight excluding hydrogens is 232 g/mol. The molecule has 0 fully saturated rings. The SMILES string of the molecule is COC(=O)C(C)c1cccc(NC(=O)CC#N)c1. The highest BCUT2D eigenvalue weighted by molar-refractivity contribution is 5.92. The van der Waals surface area contributed by atoms with E-state index in [9.17, 15) is 9.59 Å². The van der Waals surface area contributed by atoms with Crippen LogP contribution in [0.4, 0.5) is 5.69 Å². The van der Waals surface area contributed by atoms with Gasteiger partial charge in [0.05, 0.1) is 19.1 Å². The van der Waals surface area contributed by atoms with E-state index in [1.54, 1.807) is 37.3 Å². The third-order valence-corrected chi connectivity index (χ3v) is 2.46. The Morgan fingerprint density at radius 3 is 2.83 bits per heavy atom. The minimum absolute atomic E-state index is 0.198. The number of carbonyl (C=O) groups excluding carboxylic acids is 2. The fraction of sp³-hybridized carbons (Fsp3) is 0.308. The first kappa shape index (κ1) is 13.7. The lowest BCUT2D eigenvalue weighted by Gasteiger charge is -2.11. The number of amides is 1. The summed E-state index contributed by atoms with van der Waals surface area (Å²) >= 11 is 0. The predicted octanol–water partition coefficient (Wildman–Crippen LogP) is 1.82. The lowest BCUT2D eigenvalue weighted by atomic mass is 10.0. The zero-order valence-electron chi connectivity index (χ0n) is 10.3. The quantitative estimate of drug-likeness (QED) is 0.822. The third-order valence-electron chi connectivity index (χ3n) is 2.46. The fourth-order valence-electron chi connectivity index (χ4n) is 1.48. The van der Waals surface area contributed by atoms with Gasteiger partial charge < -0.3 is 10.1 Å². The van der Waals surface area contributed by atoms with Crippen LogP contribution in [0.2, 0.25) is 0 Å². The minimum atomic E-state index is -0.400. The Labute approximate surface area is 105 Å². The molecule has 0 aromatic heterocycles. The largest absolute Gasteiger partial charge is 0.469 e. The van der Waals surface area contributed by atoms with Gasteiger partial charge in [-0.25, -0.2) is 0 Å². The van der Waals surface area contributed by atoms with Crippen molar-refractivity contribution in [2.45, 2.75) is 19.3 Å². The van der Waals surface area contributed by atoms with Crippen LogP contribution in [-0.2, 0) is 14.3 Å². The predicted molar refractivity (Wildman–Crippen MR) is 65.7 cm³/mol. The van der Waals surface area contributed by atoms with E-state index in [1.165, 1.54) is 7.11 Å². The first-order valence-electron chi connectivity index (χ1n) is 5.43. The second-order valence-electron chi connectivity index (χ2n) is 3.75. The summed E-state index contributed by atoms with van der Waals surface area (Å²) < 4.78 is 4.66. The molecule has 0 radical (unpaired) electrons. The lowest BCUT2D eigenvalue weighted by molar-refractivity contribution is -0.142. The summed E-state index contributed by atoms with van der Waals surface area (Å²) in [6.45, 7) is 1.72. The van der Waals surface area contributed by atoms with Gasteiger partial charge in [0, 0.05) is 5.69 Å². The Morgan fingerprint density at radius 1 is 1.50 bits per heavy atom. The Hall–Kier alpha value is -2.35. The number of hydrogen-bond donors (Lipinski definition) is 1. The number of benzene rings is 1. The van der Waals surface area contributed by atoms with Crippen molar-refractivity contribution in [1.82, 2.24) is 0 Å². The molecule has 1 N–H and O–H groups in total. The Kier molecular flexibility index (Phi) is 4.88. The number of methoxy groups -OCH3 is 1. The number of nitriles is 1. The Balaban J connectivity index is 2.83. The molecule has 18 heavy (non-hydrogen) atoms. The Morgan fingerprint density at radius 2 is 2.22 bits per heavy atom. The van der Waals surface area contributed by atoms with Gasteiger partial charge in [-0.3, -0.25) is 9.59 Å². The molecule has 94 valence electrons. The van der Waals surface area contributed by atoms with E-state index < -0.39 is 5.92 Å². The summed E-state index contributed by atoms with van der Waals surface area (Å²) in [5.41, 5.74) is 1.31. The van der Waals surface area contributed by atoms with Crippen LogP contribution in [0.5, 0.6) is 0 Å². The summed E-state index contributed by atoms with van der Waals surface area (Å²) in [5.74, 6) is -1.11. The van der Waals surface area contributed by atoms with Crippen LogP contribution in [0.25, 0.3) is 0 Å². The van der Waals surface area contributed by atoms with Gasteiger partial charge in [-0.15, -0.1) is 0 Å². The molecular formula is C13H14N2O3. The number of rotatable bonds is 4. The van der Waals surface area contributed by atoms with Gasteiger partial charge in [0.1, 0.15) is 6.42 Å². The molecule has 0 saturated heterocycles. The molecule has 5 nitrogen and oxygen atoms in total. The average Bonchev–Trinajstić information content (AvgIpc) is 2.37. The topological polar surface area (TPSA) is 79.2 Å². The zero-order valence-corrected chi connectivity index (χ0v) is 10.3. The summed E-state index contributed by atoms with van der Waals surface area (Å²) in [7, 11) is 1.33. The maximum atomic E-state index is 11.4. The van der Waals surface area contributed by atoms with Gasteiger partial charge in [0.15, 0.2) is 0 Å². The van der Waals surface area contributed by atoms with E-state index in [1.807, 2.05) is 0 Å². The maximum Gasteiger partial charge on any atom is 0.312 e. The molecule has 1 amide bonds. The lowest BCUT2D eigenvalue weighted by Crippen LogP contribution is -2.13. The van der Waals surface area contributed by atoms with E-state index in [-0.39, 0.29) is 18.3 Å². The van der Waals surface area contributed by atoms with Crippen LogP contribution in [0.1, 0.15) is 24.8 Å². The molecule has 0 saturated carbocycles. The number of anilines is 1. The molecule has 0 aliphatic carbocycles. The number of esters is 1. The van der Waals surface area contributed by atoms with Crippen LogP contribution in [0, 0.1) is 11.3 Å². The van der Waals surface area contributed by atoms with Gasteiger partial charge in [0.2, 0.25) is 5.91 Å². The van der Waals surface area contributed by atoms with Gasteiger partial charge in [-0.2, -0.15) is 5.26 Å². The van der Waals surface area contributed by atoms with E-state index in [2.05, 4.69) is 10.1 Å². The first-order valence-corrected chi connectivity index (χ1v) is 5.43. The van der Waals surface area contributed by atoms with Crippen molar-refractivity contribution in [3.05, 3.63) is 29.8 Å². The van der Waals surface area contributed by atoms with E-state index in [0.717, 1.165) is 5.56 Å². The van der Waals surface area contributed by atoms with Gasteiger partial charge in [-0.05, 0) is 24.6 Å². The molecule has 0 aliphatic heterocycles. The molecule has 1 atom stereocenters. The molecule has 0 aliphatic rings. The van der Waals surface area contributed by atoms with Crippen molar-refractivity contribution >= 4 is 17.6 Å². The van der Waals surface area contributed by atoms with Crippen LogP contribution in [0.15, 0.2) is 24.3 Å². The molecule has 0 spiro atoms. The van der Waals surface area contributed by atoms with Crippen LogP contribution >= 0.6 is 0 Å². The average molecular weight is 246 g/mol. The standard InChI is InChI=1S/C13H14N2O3/c1-9(13(17)18-2)10-4-3-5-11(8-10)15-12(16)6-7-14/h3-5,8-9H,6H2,1-2H3,(H,15,16). The van der Waals surface area contributed by atoms with Crippen molar-refractivity contribution in [2.24, 2.45) is 0 Å². The molecule has 5 heteroatoms. The van der Waals surface area contributed by atoms with Crippen molar-refractivity contribution < 1.29 is 14.3 Å². The third kappa shape index (κ3) is 3.59. The smallest absolute Gasteiger partial charge is 0.312 e. The number of nitrogens with one attached hydrogen (secondary N) is 1. The Bertz CT molecular complexity index is 491. The van der Waals surface area contributed by atoms with Crippen LogP contribution in [0.3, 0.4) is 0 Å². The second-order valence-corrected chi connectivity index (χ2v) is 3.75. The number of hydrogen-bond acceptors (Lipinski definition) is 4. The number of carbonyl (C=O) groups is 2. The molecule has 1 aromatic carbocycles. The van der Waals surface area contributed by atoms with Crippen molar-refractivity contribution in [3.63, 3.8) is 0 Å². The molecule has 1 aromatic rings. The number of nitrogens with zero attached hydrogens (tertiary/aromatic N) is 1. The molecule has 0 heterocycles. The van der Waals surface area contributed by atoms with Gasteiger partial charge in [0.25, 0.3) is 0 Å². The van der Waals surface area contributed by atoms with E-state index in [0.29, 0.717) is 5.69 Å². The van der Waals surface area contributed by atoms with Crippen LogP contribution in [-0.4, -0.2) is 19.0 Å². The molecule has 1 unspecified atom stereocenters. The highest BCUT2D eigenvalue weighted by Gasteiger charge is 2.15. The summed E-state index contributed by atoms with van der Waals surface area (Å²) in [4.78, 5) is 22.7. The van der Waals surface area contributed by atoms with Gasteiger partial charge >= 0.3 is 5.97 Å². The highest BCUT2D eigenvalue weighted by Crippen LogP contribution is 2.20. The summed E-state index contributed by atoms with van der Waals surface area (Å²) in [6, 6.07) is 8.67. The molecule has 1 rings (SSSR count). The monoisotopic (exact) mass is 246 g/mol. The second kappa shape index (κ2) is 6.40. The minimum Gasteiger partial charge on any atom is -0.469 e. The van der Waals surface area contributed by atoms with E-state index >= 15 is 0 Å². The molecule has 0 bridgehead atoms. The van der Waals surface area contributed by atoms with Crippen LogP contribution < -0.4 is 5.32 Å². The van der Waals surface area contributed by atoms with Gasteiger partial charge in [-0.1, -0.05) is 12.1 Å². The van der Waals surface area contributed by atoms with Crippen molar-refractivity contribution in [1.29, 1.82) is 5.26 Å². The fourth-order valence-corrected chi connectivity index (χ4v) is 1.48. The summed E-state index contributed by atoms with van der Waals surface area (Å²) in [5, 5.41) is 11.0. The van der Waals surface area contributed by atoms with Crippen molar-refractivity contribution in [2.75, 3.05) is 12.4 Å². The highest BCUT2D eigenvalue weighted by atomic mass is 16.5.